The normalized spacial score (nSPS) is 29.6. The van der Waals surface area contributed by atoms with Gasteiger partial charge in [0.05, 0.1) is 18.0 Å². The summed E-state index contributed by atoms with van der Waals surface area (Å²) in [5.74, 6) is -0.522. The van der Waals surface area contributed by atoms with Crippen molar-refractivity contribution < 1.29 is 14.7 Å². The summed E-state index contributed by atoms with van der Waals surface area (Å²) in [6.45, 7) is 2.95. The van der Waals surface area contributed by atoms with Crippen LogP contribution in [0.5, 0.6) is 0 Å². The van der Waals surface area contributed by atoms with Crippen molar-refractivity contribution in [2.45, 2.75) is 69.9 Å². The minimum atomic E-state index is -0.822. The summed E-state index contributed by atoms with van der Waals surface area (Å²) in [5, 5.41) is 15.5. The third-order valence-electron chi connectivity index (χ3n) is 4.74. The van der Waals surface area contributed by atoms with E-state index < -0.39 is 11.5 Å². The maximum absolute atomic E-state index is 12.5. The highest BCUT2D eigenvalue weighted by molar-refractivity contribution is 5.83. The van der Waals surface area contributed by atoms with E-state index in [2.05, 4.69) is 17.6 Å². The fourth-order valence-electron chi connectivity index (χ4n) is 3.60. The molecule has 2 fully saturated rings. The molecule has 0 radical (unpaired) electrons. The van der Waals surface area contributed by atoms with Crippen LogP contribution in [0.4, 0.5) is 0 Å². The average molecular weight is 282 g/mol. The predicted octanol–water partition coefficient (Wildman–Crippen LogP) is 1.67. The molecule has 1 saturated heterocycles. The Balaban J connectivity index is 2.02. The molecule has 0 aromatic heterocycles. The van der Waals surface area contributed by atoms with Gasteiger partial charge in [-0.1, -0.05) is 26.2 Å². The first-order valence-corrected chi connectivity index (χ1v) is 7.80. The van der Waals surface area contributed by atoms with Gasteiger partial charge in [0, 0.05) is 0 Å². The quantitative estimate of drug-likeness (QED) is 0.733. The maximum Gasteiger partial charge on any atom is 0.305 e. The Morgan fingerprint density at radius 1 is 1.25 bits per heavy atom. The lowest BCUT2D eigenvalue weighted by Crippen LogP contribution is -2.58. The Morgan fingerprint density at radius 2 is 1.95 bits per heavy atom. The molecule has 2 unspecified atom stereocenters. The van der Waals surface area contributed by atoms with Gasteiger partial charge in [-0.05, 0) is 38.1 Å². The number of hydrogen-bond donors (Lipinski definition) is 3. The number of piperidine rings is 1. The largest absolute Gasteiger partial charge is 0.481 e. The van der Waals surface area contributed by atoms with E-state index in [0.29, 0.717) is 5.92 Å². The number of carboxylic acid groups (broad SMARTS) is 1. The van der Waals surface area contributed by atoms with Crippen molar-refractivity contribution in [3.63, 3.8) is 0 Å². The molecule has 2 aliphatic rings. The van der Waals surface area contributed by atoms with E-state index in [-0.39, 0.29) is 18.4 Å². The second-order valence-electron chi connectivity index (χ2n) is 6.45. The molecule has 1 heterocycles. The highest BCUT2D eigenvalue weighted by atomic mass is 16.4. The summed E-state index contributed by atoms with van der Waals surface area (Å²) in [5.41, 5.74) is -0.528. The number of carbonyl (C=O) groups is 2. The van der Waals surface area contributed by atoms with Crippen molar-refractivity contribution in [3.05, 3.63) is 0 Å². The summed E-state index contributed by atoms with van der Waals surface area (Å²) >= 11 is 0. The van der Waals surface area contributed by atoms with Crippen LogP contribution in [0.25, 0.3) is 0 Å². The molecule has 0 spiro atoms. The Hall–Kier alpha value is -1.10. The number of carboxylic acids is 1. The molecular formula is C15H26N2O3. The minimum absolute atomic E-state index is 0.0136. The van der Waals surface area contributed by atoms with Gasteiger partial charge in [-0.25, -0.2) is 0 Å². The average Bonchev–Trinajstić information content (AvgIpc) is 2.39. The molecule has 0 aromatic rings. The van der Waals surface area contributed by atoms with Crippen LogP contribution in [0.3, 0.4) is 0 Å². The first kappa shape index (κ1) is 15.3. The van der Waals surface area contributed by atoms with Gasteiger partial charge in [0.15, 0.2) is 0 Å². The van der Waals surface area contributed by atoms with E-state index in [9.17, 15) is 9.59 Å². The van der Waals surface area contributed by atoms with Crippen LogP contribution in [0.2, 0.25) is 0 Å². The first-order chi connectivity index (χ1) is 9.52. The number of rotatable bonds is 4. The van der Waals surface area contributed by atoms with E-state index in [1.165, 1.54) is 0 Å². The van der Waals surface area contributed by atoms with E-state index >= 15 is 0 Å². The van der Waals surface area contributed by atoms with Gasteiger partial charge >= 0.3 is 5.97 Å². The minimum Gasteiger partial charge on any atom is -0.481 e. The molecule has 3 N–H and O–H groups in total. The molecule has 5 heteroatoms. The SMILES string of the molecule is CC1CCCNC1C(=O)NC1(CC(=O)O)CCCCC1. The van der Waals surface area contributed by atoms with Crippen molar-refractivity contribution in [2.75, 3.05) is 6.54 Å². The van der Waals surface area contributed by atoms with E-state index in [0.717, 1.165) is 51.5 Å². The maximum atomic E-state index is 12.5. The second kappa shape index (κ2) is 6.57. The van der Waals surface area contributed by atoms with Crippen LogP contribution in [-0.2, 0) is 9.59 Å². The van der Waals surface area contributed by atoms with Crippen molar-refractivity contribution in [1.29, 1.82) is 0 Å². The molecule has 114 valence electrons. The van der Waals surface area contributed by atoms with Crippen molar-refractivity contribution >= 4 is 11.9 Å². The van der Waals surface area contributed by atoms with Crippen molar-refractivity contribution in [2.24, 2.45) is 5.92 Å². The lowest BCUT2D eigenvalue weighted by atomic mass is 9.78. The summed E-state index contributed by atoms with van der Waals surface area (Å²) in [6, 6.07) is -0.170. The zero-order valence-corrected chi connectivity index (χ0v) is 12.3. The summed E-state index contributed by atoms with van der Waals surface area (Å²) in [4.78, 5) is 23.6. The van der Waals surface area contributed by atoms with Crippen molar-refractivity contribution in [3.8, 4) is 0 Å². The van der Waals surface area contributed by atoms with Crippen LogP contribution in [0.15, 0.2) is 0 Å². The topological polar surface area (TPSA) is 78.4 Å². The molecule has 5 nitrogen and oxygen atoms in total. The van der Waals surface area contributed by atoms with Gasteiger partial charge in [-0.3, -0.25) is 9.59 Å². The Kier molecular flexibility index (Phi) is 5.02. The number of carbonyl (C=O) groups excluding carboxylic acids is 1. The Labute approximate surface area is 120 Å². The second-order valence-corrected chi connectivity index (χ2v) is 6.45. The summed E-state index contributed by atoms with van der Waals surface area (Å²) in [7, 11) is 0. The number of amides is 1. The summed E-state index contributed by atoms with van der Waals surface area (Å²) < 4.78 is 0. The molecule has 1 amide bonds. The van der Waals surface area contributed by atoms with Crippen LogP contribution in [-0.4, -0.2) is 35.1 Å². The molecule has 1 saturated carbocycles. The van der Waals surface area contributed by atoms with Gasteiger partial charge in [-0.15, -0.1) is 0 Å². The molecule has 0 aromatic carbocycles. The van der Waals surface area contributed by atoms with Crippen LogP contribution < -0.4 is 10.6 Å². The first-order valence-electron chi connectivity index (χ1n) is 7.80. The standard InChI is InChI=1S/C15H26N2O3/c1-11-6-5-9-16-13(11)14(20)17-15(10-12(18)19)7-3-2-4-8-15/h11,13,16H,2-10H2,1H3,(H,17,20)(H,18,19). The zero-order valence-electron chi connectivity index (χ0n) is 12.3. The zero-order chi connectivity index (χ0) is 14.6. The van der Waals surface area contributed by atoms with E-state index in [1.807, 2.05) is 0 Å². The van der Waals surface area contributed by atoms with Gasteiger partial charge in [0.25, 0.3) is 0 Å². The molecule has 2 atom stereocenters. The highest BCUT2D eigenvalue weighted by Crippen LogP contribution is 2.31. The van der Waals surface area contributed by atoms with Gasteiger partial charge < -0.3 is 15.7 Å². The lowest BCUT2D eigenvalue weighted by Gasteiger charge is -2.39. The van der Waals surface area contributed by atoms with E-state index in [1.54, 1.807) is 0 Å². The lowest BCUT2D eigenvalue weighted by molar-refractivity contribution is -0.140. The smallest absolute Gasteiger partial charge is 0.305 e. The van der Waals surface area contributed by atoms with E-state index in [4.69, 9.17) is 5.11 Å². The molecule has 1 aliphatic carbocycles. The molecular weight excluding hydrogens is 256 g/mol. The summed E-state index contributed by atoms with van der Waals surface area (Å²) in [6.07, 6.45) is 6.90. The number of hydrogen-bond acceptors (Lipinski definition) is 3. The third kappa shape index (κ3) is 3.72. The van der Waals surface area contributed by atoms with Crippen molar-refractivity contribution in [1.82, 2.24) is 10.6 Å². The monoisotopic (exact) mass is 282 g/mol. The highest BCUT2D eigenvalue weighted by Gasteiger charge is 2.38. The molecule has 1 aliphatic heterocycles. The van der Waals surface area contributed by atoms with Gasteiger partial charge in [0.1, 0.15) is 0 Å². The molecule has 20 heavy (non-hydrogen) atoms. The van der Waals surface area contributed by atoms with Crippen LogP contribution in [0.1, 0.15) is 58.3 Å². The predicted molar refractivity (Wildman–Crippen MR) is 76.4 cm³/mol. The van der Waals surface area contributed by atoms with Gasteiger partial charge in [-0.2, -0.15) is 0 Å². The van der Waals surface area contributed by atoms with Crippen LogP contribution in [0, 0.1) is 5.92 Å². The fourth-order valence-corrected chi connectivity index (χ4v) is 3.60. The molecule has 2 rings (SSSR count). The molecule has 0 bridgehead atoms. The Bertz CT molecular complexity index is 364. The number of nitrogens with one attached hydrogen (secondary N) is 2. The fraction of sp³-hybridized carbons (Fsp3) is 0.867. The third-order valence-corrected chi connectivity index (χ3v) is 4.74. The number of aliphatic carboxylic acids is 1. The Morgan fingerprint density at radius 3 is 2.55 bits per heavy atom. The van der Waals surface area contributed by atoms with Gasteiger partial charge in [0.2, 0.25) is 5.91 Å². The van der Waals surface area contributed by atoms with Crippen LogP contribution >= 0.6 is 0 Å².